The molecule has 5 rings (SSSR count). The number of ether oxygens (including phenoxy) is 2. The van der Waals surface area contributed by atoms with Gasteiger partial charge in [0.15, 0.2) is 17.3 Å². The fourth-order valence-electron chi connectivity index (χ4n) is 4.78. The van der Waals surface area contributed by atoms with E-state index in [1.54, 1.807) is 31.3 Å². The van der Waals surface area contributed by atoms with E-state index in [4.69, 9.17) is 0 Å². The van der Waals surface area contributed by atoms with Gasteiger partial charge in [0.2, 0.25) is 0 Å². The lowest BCUT2D eigenvalue weighted by Gasteiger charge is -2.46. The summed E-state index contributed by atoms with van der Waals surface area (Å²) in [6.07, 6.45) is -2.82. The Morgan fingerprint density at radius 1 is 1.17 bits per heavy atom. The Balaban J connectivity index is 1.43. The first-order valence-corrected chi connectivity index (χ1v) is 11.4. The molecule has 9 nitrogen and oxygen atoms in total. The summed E-state index contributed by atoms with van der Waals surface area (Å²) in [7, 11) is 1.63. The van der Waals surface area contributed by atoms with Crippen LogP contribution >= 0.6 is 0 Å². The number of hydrogen-bond acceptors (Lipinski definition) is 8. The van der Waals surface area contributed by atoms with E-state index in [0.717, 1.165) is 12.0 Å². The van der Waals surface area contributed by atoms with Crippen LogP contribution in [0.2, 0.25) is 0 Å². The molecule has 0 spiro atoms. The van der Waals surface area contributed by atoms with Gasteiger partial charge in [-0.1, -0.05) is 13.0 Å². The van der Waals surface area contributed by atoms with Gasteiger partial charge in [-0.25, -0.2) is 9.78 Å². The summed E-state index contributed by atoms with van der Waals surface area (Å²) in [6.45, 7) is 5.90. The van der Waals surface area contributed by atoms with E-state index in [0.29, 0.717) is 36.5 Å². The molecule has 1 aromatic carbocycles. The Labute approximate surface area is 200 Å². The van der Waals surface area contributed by atoms with Gasteiger partial charge < -0.3 is 14.4 Å². The van der Waals surface area contributed by atoms with Gasteiger partial charge in [-0.15, -0.1) is 8.78 Å². The molecule has 0 radical (unpaired) electrons. The third kappa shape index (κ3) is 4.14. The first-order chi connectivity index (χ1) is 16.7. The first-order valence-electron chi connectivity index (χ1n) is 11.4. The van der Waals surface area contributed by atoms with Gasteiger partial charge in [0.25, 0.3) is 0 Å². The summed E-state index contributed by atoms with van der Waals surface area (Å²) in [5.41, 5.74) is 1.82. The molecule has 0 amide bonds. The largest absolute Gasteiger partial charge is 0.586 e. The fourth-order valence-corrected chi connectivity index (χ4v) is 4.78. The van der Waals surface area contributed by atoms with Gasteiger partial charge in [0, 0.05) is 38.8 Å². The number of nitriles is 1. The molecule has 0 bridgehead atoms. The van der Waals surface area contributed by atoms with Gasteiger partial charge in [0.1, 0.15) is 17.3 Å². The zero-order valence-electron chi connectivity index (χ0n) is 19.5. The highest BCUT2D eigenvalue weighted by atomic mass is 19.3. The number of aromatic nitrogens is 3. The maximum absolute atomic E-state index is 13.4. The van der Waals surface area contributed by atoms with Crippen LogP contribution in [0.15, 0.2) is 35.1 Å². The van der Waals surface area contributed by atoms with Crippen molar-refractivity contribution in [1.82, 2.24) is 19.4 Å². The lowest BCUT2D eigenvalue weighted by Crippen LogP contribution is -2.57. The summed E-state index contributed by atoms with van der Waals surface area (Å²) in [5, 5.41) is 9.34. The van der Waals surface area contributed by atoms with Crippen molar-refractivity contribution in [3.63, 3.8) is 0 Å². The highest BCUT2D eigenvalue weighted by molar-refractivity contribution is 5.86. The second-order valence-electron chi connectivity index (χ2n) is 8.89. The molecule has 2 aromatic heterocycles. The molecule has 0 saturated carbocycles. The van der Waals surface area contributed by atoms with Crippen LogP contribution in [0.5, 0.6) is 11.5 Å². The summed E-state index contributed by atoms with van der Waals surface area (Å²) in [4.78, 5) is 25.7. The van der Waals surface area contributed by atoms with Crippen molar-refractivity contribution < 1.29 is 18.3 Å². The molecule has 1 fully saturated rings. The number of fused-ring (bicyclic) bond motifs is 2. The van der Waals surface area contributed by atoms with Crippen LogP contribution < -0.4 is 20.1 Å². The normalized spacial score (nSPS) is 21.3. The predicted molar refractivity (Wildman–Crippen MR) is 123 cm³/mol. The van der Waals surface area contributed by atoms with Crippen molar-refractivity contribution in [1.29, 1.82) is 5.26 Å². The molecule has 2 aliphatic rings. The zero-order valence-corrected chi connectivity index (χ0v) is 19.5. The Morgan fingerprint density at radius 2 is 1.94 bits per heavy atom. The van der Waals surface area contributed by atoms with E-state index in [-0.39, 0.29) is 35.0 Å². The molecule has 0 aliphatic carbocycles. The van der Waals surface area contributed by atoms with Crippen molar-refractivity contribution in [2.75, 3.05) is 18.0 Å². The number of piperazine rings is 1. The van der Waals surface area contributed by atoms with Crippen molar-refractivity contribution in [3.05, 3.63) is 52.1 Å². The maximum atomic E-state index is 13.4. The maximum Gasteiger partial charge on any atom is 0.586 e. The molecule has 2 atom stereocenters. The standard InChI is InChI=1S/C24H24F2N6O3/c1-4-17-13-32(22-21-18(30(3)23(33)29-22)7-6-16(10-27)28-21)14(2)11-31(17)12-15-5-8-19-20(9-15)35-24(25,26)34-19/h5-9,14,17H,4,11-13H2,1-3H3/t14-,17+/m0/s1. The minimum Gasteiger partial charge on any atom is -0.395 e. The molecule has 0 N–H and O–H groups in total. The van der Waals surface area contributed by atoms with Gasteiger partial charge in [-0.3, -0.25) is 9.47 Å². The van der Waals surface area contributed by atoms with Crippen molar-refractivity contribution in [3.8, 4) is 17.6 Å². The second kappa shape index (κ2) is 8.46. The average Bonchev–Trinajstić information content (AvgIpc) is 3.14. The number of alkyl halides is 2. The lowest BCUT2D eigenvalue weighted by atomic mass is 10.0. The smallest absolute Gasteiger partial charge is 0.395 e. The van der Waals surface area contributed by atoms with Crippen molar-refractivity contribution in [2.24, 2.45) is 7.05 Å². The summed E-state index contributed by atoms with van der Waals surface area (Å²) < 4.78 is 37.3. The minimum absolute atomic E-state index is 0.0218. The molecular weight excluding hydrogens is 458 g/mol. The Morgan fingerprint density at radius 3 is 2.69 bits per heavy atom. The number of nitrogens with zero attached hydrogens (tertiary/aromatic N) is 6. The van der Waals surface area contributed by atoms with Crippen LogP contribution in [0.3, 0.4) is 0 Å². The quantitative estimate of drug-likeness (QED) is 0.560. The van der Waals surface area contributed by atoms with E-state index in [1.165, 1.54) is 10.6 Å². The molecular formula is C24H24F2N6O3. The number of hydrogen-bond donors (Lipinski definition) is 0. The summed E-state index contributed by atoms with van der Waals surface area (Å²) >= 11 is 0. The Hall–Kier alpha value is -3.78. The van der Waals surface area contributed by atoms with Crippen molar-refractivity contribution in [2.45, 2.75) is 45.2 Å². The second-order valence-corrected chi connectivity index (χ2v) is 8.89. The summed E-state index contributed by atoms with van der Waals surface area (Å²) in [5.74, 6) is 0.523. The molecule has 2 aliphatic heterocycles. The third-order valence-electron chi connectivity index (χ3n) is 6.60. The van der Waals surface area contributed by atoms with Gasteiger partial charge in [-0.2, -0.15) is 10.2 Å². The van der Waals surface area contributed by atoms with Crippen LogP contribution in [0.4, 0.5) is 14.6 Å². The number of anilines is 1. The van der Waals surface area contributed by atoms with Crippen LogP contribution in [0.1, 0.15) is 31.5 Å². The van der Waals surface area contributed by atoms with Crippen LogP contribution in [-0.4, -0.2) is 50.9 Å². The van der Waals surface area contributed by atoms with E-state index < -0.39 is 6.29 Å². The SMILES string of the molecule is CC[C@@H]1CN(c2nc(=O)n(C)c3ccc(C#N)nc23)[C@@H](C)CN1Cc1ccc2c(c1)OC(F)(F)O2. The number of aryl methyl sites for hydroxylation is 1. The lowest BCUT2D eigenvalue weighted by molar-refractivity contribution is -0.286. The molecule has 0 unspecified atom stereocenters. The number of rotatable bonds is 4. The van der Waals surface area contributed by atoms with Crippen LogP contribution in [0.25, 0.3) is 11.0 Å². The van der Waals surface area contributed by atoms with Gasteiger partial charge >= 0.3 is 12.0 Å². The average molecular weight is 482 g/mol. The molecule has 1 saturated heterocycles. The van der Waals surface area contributed by atoms with E-state index in [2.05, 4.69) is 42.2 Å². The molecule has 35 heavy (non-hydrogen) atoms. The minimum atomic E-state index is -3.64. The number of halogens is 2. The number of pyridine rings is 1. The zero-order chi connectivity index (χ0) is 24.9. The topological polar surface area (TPSA) is 96.5 Å². The summed E-state index contributed by atoms with van der Waals surface area (Å²) in [6, 6.07) is 10.3. The van der Waals surface area contributed by atoms with Crippen molar-refractivity contribution >= 4 is 16.9 Å². The molecule has 11 heteroatoms. The van der Waals surface area contributed by atoms with E-state index in [1.807, 2.05) is 6.92 Å². The van der Waals surface area contributed by atoms with Crippen LogP contribution in [-0.2, 0) is 13.6 Å². The monoisotopic (exact) mass is 482 g/mol. The van der Waals surface area contributed by atoms with Gasteiger partial charge in [-0.05, 0) is 43.2 Å². The molecule has 182 valence electrons. The van der Waals surface area contributed by atoms with E-state index in [9.17, 15) is 18.8 Å². The fraction of sp³-hybridized carbons (Fsp3) is 0.417. The molecule has 4 heterocycles. The third-order valence-corrected chi connectivity index (χ3v) is 6.60. The molecule has 3 aromatic rings. The Kier molecular flexibility index (Phi) is 5.56. The first kappa shape index (κ1) is 23.0. The predicted octanol–water partition coefficient (Wildman–Crippen LogP) is 3.01. The highest BCUT2D eigenvalue weighted by Crippen LogP contribution is 2.41. The Bertz CT molecular complexity index is 1400. The number of benzene rings is 1. The van der Waals surface area contributed by atoms with Gasteiger partial charge in [0.05, 0.1) is 5.52 Å². The van der Waals surface area contributed by atoms with Crippen LogP contribution in [0, 0.1) is 11.3 Å². The highest BCUT2D eigenvalue weighted by Gasteiger charge is 2.43. The van der Waals surface area contributed by atoms with E-state index >= 15 is 0 Å².